The van der Waals surface area contributed by atoms with Gasteiger partial charge in [0.15, 0.2) is 0 Å². The summed E-state index contributed by atoms with van der Waals surface area (Å²) in [5.41, 5.74) is 0.396. The average molecular weight is 392 g/mol. The summed E-state index contributed by atoms with van der Waals surface area (Å²) >= 11 is 0. The second-order valence-electron chi connectivity index (χ2n) is 9.97. The minimum absolute atomic E-state index is 0.396. The Labute approximate surface area is 171 Å². The third-order valence-electron chi connectivity index (χ3n) is 7.74. The Morgan fingerprint density at radius 2 is 1.71 bits per heavy atom. The molecule has 4 rings (SSSR count). The van der Waals surface area contributed by atoms with Gasteiger partial charge in [-0.2, -0.15) is 0 Å². The molecule has 5 heteroatoms. The highest BCUT2D eigenvalue weighted by Gasteiger charge is 2.42. The Morgan fingerprint density at radius 1 is 0.893 bits per heavy atom. The normalized spacial score (nSPS) is 30.9. The summed E-state index contributed by atoms with van der Waals surface area (Å²) < 4.78 is 5.41. The van der Waals surface area contributed by atoms with Crippen LogP contribution in [0.5, 0.6) is 0 Å². The van der Waals surface area contributed by atoms with Crippen molar-refractivity contribution in [3.05, 3.63) is 0 Å². The van der Waals surface area contributed by atoms with Crippen LogP contribution >= 0.6 is 0 Å². The molecule has 4 aliphatic rings. The third kappa shape index (κ3) is 5.48. The summed E-state index contributed by atoms with van der Waals surface area (Å²) in [5, 5.41) is 0. The lowest BCUT2D eigenvalue weighted by Crippen LogP contribution is -2.47. The fraction of sp³-hybridized carbons (Fsp3) is 0.957. The molecule has 28 heavy (non-hydrogen) atoms. The van der Waals surface area contributed by atoms with Crippen molar-refractivity contribution in [2.75, 3.05) is 65.6 Å². The minimum atomic E-state index is 0.396. The number of ether oxygens (including phenoxy) is 1. The molecule has 3 saturated heterocycles. The van der Waals surface area contributed by atoms with Gasteiger partial charge in [0.2, 0.25) is 5.91 Å². The number of piperidine rings is 1. The first-order chi connectivity index (χ1) is 13.7. The standard InChI is InChI=1S/C23H41N3O2/c27-22(8-4-11-24-14-16-28-17-15-24)26-13-10-23(20-26)9-5-12-25(19-23)18-21-6-2-1-3-7-21/h21H,1-20H2/t23-/m0/s1. The topological polar surface area (TPSA) is 36.0 Å². The van der Waals surface area contributed by atoms with Gasteiger partial charge >= 0.3 is 0 Å². The Bertz CT molecular complexity index is 502. The maximum Gasteiger partial charge on any atom is 0.222 e. The predicted molar refractivity (Wildman–Crippen MR) is 112 cm³/mol. The number of amides is 1. The Kier molecular flexibility index (Phi) is 7.29. The molecule has 1 spiro atoms. The van der Waals surface area contributed by atoms with Gasteiger partial charge in [0.25, 0.3) is 0 Å². The van der Waals surface area contributed by atoms with E-state index >= 15 is 0 Å². The summed E-state index contributed by atoms with van der Waals surface area (Å²) in [6, 6.07) is 0. The van der Waals surface area contributed by atoms with Gasteiger partial charge < -0.3 is 14.5 Å². The fourth-order valence-corrected chi connectivity index (χ4v) is 6.12. The van der Waals surface area contributed by atoms with Crippen LogP contribution in [-0.4, -0.2) is 86.2 Å². The van der Waals surface area contributed by atoms with Crippen molar-refractivity contribution in [1.29, 1.82) is 0 Å². The predicted octanol–water partition coefficient (Wildman–Crippen LogP) is 2.99. The molecule has 1 atom stereocenters. The number of hydrogen-bond donors (Lipinski definition) is 0. The van der Waals surface area contributed by atoms with Gasteiger partial charge in [-0.1, -0.05) is 19.3 Å². The third-order valence-corrected chi connectivity index (χ3v) is 7.74. The molecule has 3 aliphatic heterocycles. The van der Waals surface area contributed by atoms with Gasteiger partial charge in [0.05, 0.1) is 13.2 Å². The van der Waals surface area contributed by atoms with Crippen molar-refractivity contribution < 1.29 is 9.53 Å². The summed E-state index contributed by atoms with van der Waals surface area (Å²) in [7, 11) is 0. The zero-order chi connectivity index (χ0) is 19.2. The van der Waals surface area contributed by atoms with Gasteiger partial charge in [-0.25, -0.2) is 0 Å². The van der Waals surface area contributed by atoms with Crippen LogP contribution in [0.2, 0.25) is 0 Å². The molecule has 1 aliphatic carbocycles. The molecular weight excluding hydrogens is 350 g/mol. The largest absolute Gasteiger partial charge is 0.379 e. The first kappa shape index (κ1) is 20.6. The fourth-order valence-electron chi connectivity index (χ4n) is 6.12. The smallest absolute Gasteiger partial charge is 0.222 e. The Hall–Kier alpha value is -0.650. The molecule has 1 amide bonds. The summed E-state index contributed by atoms with van der Waals surface area (Å²) in [5.74, 6) is 1.33. The number of nitrogens with zero attached hydrogens (tertiary/aromatic N) is 3. The van der Waals surface area contributed by atoms with Crippen molar-refractivity contribution in [3.8, 4) is 0 Å². The molecule has 0 aromatic heterocycles. The lowest BCUT2D eigenvalue weighted by molar-refractivity contribution is -0.131. The quantitative estimate of drug-likeness (QED) is 0.697. The van der Waals surface area contributed by atoms with E-state index in [1.54, 1.807) is 0 Å². The van der Waals surface area contributed by atoms with E-state index < -0.39 is 0 Å². The van der Waals surface area contributed by atoms with Crippen LogP contribution in [-0.2, 0) is 9.53 Å². The molecule has 0 aromatic rings. The molecule has 4 fully saturated rings. The van der Waals surface area contributed by atoms with Crippen LogP contribution in [0.15, 0.2) is 0 Å². The van der Waals surface area contributed by atoms with Gasteiger partial charge in [0, 0.05) is 51.1 Å². The molecule has 0 N–H and O–H groups in total. The van der Waals surface area contributed by atoms with Crippen molar-refractivity contribution in [3.63, 3.8) is 0 Å². The van der Waals surface area contributed by atoms with E-state index in [-0.39, 0.29) is 0 Å². The second-order valence-corrected chi connectivity index (χ2v) is 9.97. The van der Waals surface area contributed by atoms with Crippen LogP contribution in [0.1, 0.15) is 64.2 Å². The van der Waals surface area contributed by atoms with Gasteiger partial charge in [-0.15, -0.1) is 0 Å². The SMILES string of the molecule is O=C(CCCN1CCOCC1)N1CC[C@]2(CCCN(CC3CCCCC3)C2)C1. The molecule has 5 nitrogen and oxygen atoms in total. The highest BCUT2D eigenvalue weighted by atomic mass is 16.5. The van der Waals surface area contributed by atoms with E-state index in [4.69, 9.17) is 4.74 Å². The Morgan fingerprint density at radius 3 is 2.54 bits per heavy atom. The second kappa shape index (κ2) is 9.90. The molecule has 0 bridgehead atoms. The van der Waals surface area contributed by atoms with Gasteiger partial charge in [0.1, 0.15) is 0 Å². The van der Waals surface area contributed by atoms with Crippen molar-refractivity contribution in [1.82, 2.24) is 14.7 Å². The average Bonchev–Trinajstić information content (AvgIpc) is 3.13. The molecule has 0 unspecified atom stereocenters. The van der Waals surface area contributed by atoms with Crippen molar-refractivity contribution in [2.45, 2.75) is 64.2 Å². The van der Waals surface area contributed by atoms with Crippen LogP contribution in [0.25, 0.3) is 0 Å². The summed E-state index contributed by atoms with van der Waals surface area (Å²) in [4.78, 5) is 20.2. The lowest BCUT2D eigenvalue weighted by Gasteiger charge is -2.42. The highest BCUT2D eigenvalue weighted by molar-refractivity contribution is 5.76. The molecule has 0 aromatic carbocycles. The zero-order valence-electron chi connectivity index (χ0n) is 17.9. The first-order valence-electron chi connectivity index (χ1n) is 12.0. The Balaban J connectivity index is 1.20. The first-order valence-corrected chi connectivity index (χ1v) is 12.0. The maximum atomic E-state index is 12.8. The van der Waals surface area contributed by atoms with Crippen molar-refractivity contribution in [2.24, 2.45) is 11.3 Å². The van der Waals surface area contributed by atoms with Crippen molar-refractivity contribution >= 4 is 5.91 Å². The highest BCUT2D eigenvalue weighted by Crippen LogP contribution is 2.40. The summed E-state index contributed by atoms with van der Waals surface area (Å²) in [6.45, 7) is 10.6. The van der Waals surface area contributed by atoms with E-state index in [1.807, 2.05) is 0 Å². The molecule has 1 saturated carbocycles. The van der Waals surface area contributed by atoms with E-state index in [1.165, 1.54) is 71.0 Å². The molecular formula is C23H41N3O2. The van der Waals surface area contributed by atoms with Crippen LogP contribution in [0.4, 0.5) is 0 Å². The lowest BCUT2D eigenvalue weighted by atomic mass is 9.78. The molecule has 3 heterocycles. The number of carbonyl (C=O) groups is 1. The van der Waals surface area contributed by atoms with Crippen LogP contribution in [0.3, 0.4) is 0 Å². The van der Waals surface area contributed by atoms with Gasteiger partial charge in [-0.05, 0) is 57.5 Å². The van der Waals surface area contributed by atoms with E-state index in [0.717, 1.165) is 64.7 Å². The number of carbonyl (C=O) groups excluding carboxylic acids is 1. The number of hydrogen-bond acceptors (Lipinski definition) is 4. The van der Waals surface area contributed by atoms with Crippen LogP contribution in [0, 0.1) is 11.3 Å². The maximum absolute atomic E-state index is 12.8. The molecule has 160 valence electrons. The number of morpholine rings is 1. The minimum Gasteiger partial charge on any atom is -0.379 e. The van der Waals surface area contributed by atoms with E-state index in [2.05, 4.69) is 14.7 Å². The van der Waals surface area contributed by atoms with E-state index in [9.17, 15) is 4.79 Å². The summed E-state index contributed by atoms with van der Waals surface area (Å²) in [6.07, 6.45) is 12.8. The number of rotatable bonds is 6. The molecule has 0 radical (unpaired) electrons. The number of likely N-dealkylation sites (tertiary alicyclic amines) is 2. The van der Waals surface area contributed by atoms with Crippen LogP contribution < -0.4 is 0 Å². The van der Waals surface area contributed by atoms with E-state index in [0.29, 0.717) is 11.3 Å². The monoisotopic (exact) mass is 391 g/mol. The zero-order valence-corrected chi connectivity index (χ0v) is 17.9. The van der Waals surface area contributed by atoms with Gasteiger partial charge in [-0.3, -0.25) is 9.69 Å².